The lowest BCUT2D eigenvalue weighted by Crippen LogP contribution is -2.31. The van der Waals surface area contributed by atoms with Crippen molar-refractivity contribution in [1.82, 2.24) is 10.6 Å². The number of carbonyl (C=O) groups excluding carboxylic acids is 2. The van der Waals surface area contributed by atoms with Crippen molar-refractivity contribution in [3.05, 3.63) is 46.5 Å². The second-order valence-electron chi connectivity index (χ2n) is 9.97. The molecule has 0 heterocycles. The molecule has 2 aliphatic carbocycles. The molecular weight excluding hydrogens is 484 g/mol. The molecule has 8 heteroatoms. The Morgan fingerprint density at radius 1 is 0.684 bits per heavy atom. The van der Waals surface area contributed by atoms with E-state index < -0.39 is 0 Å². The van der Waals surface area contributed by atoms with Crippen molar-refractivity contribution in [2.24, 2.45) is 0 Å². The third-order valence-electron chi connectivity index (χ3n) is 7.69. The van der Waals surface area contributed by atoms with Gasteiger partial charge in [0.2, 0.25) is 11.8 Å². The molecule has 0 spiro atoms. The van der Waals surface area contributed by atoms with Gasteiger partial charge in [-0.15, -0.1) is 0 Å². The highest BCUT2D eigenvalue weighted by atomic mass is 16.5. The maximum absolute atomic E-state index is 12.7. The summed E-state index contributed by atoms with van der Waals surface area (Å²) >= 11 is 0. The molecule has 0 saturated heterocycles. The second kappa shape index (κ2) is 12.9. The zero-order valence-electron chi connectivity index (χ0n) is 23.0. The Labute approximate surface area is 225 Å². The van der Waals surface area contributed by atoms with Gasteiger partial charge in [-0.1, -0.05) is 12.1 Å². The predicted octanol–water partition coefficient (Wildman–Crippen LogP) is 4.97. The largest absolute Gasteiger partial charge is 0.493 e. The number of unbranched alkanes of at least 4 members (excludes halogenated alkanes) is 1. The molecule has 0 fully saturated rings. The van der Waals surface area contributed by atoms with E-state index in [1.165, 1.54) is 0 Å². The number of rotatable bonds is 11. The number of ether oxygens (including phenoxy) is 4. The van der Waals surface area contributed by atoms with E-state index in [4.69, 9.17) is 18.9 Å². The summed E-state index contributed by atoms with van der Waals surface area (Å²) in [7, 11) is 6.57. The molecule has 0 saturated carbocycles. The molecule has 0 bridgehead atoms. The van der Waals surface area contributed by atoms with Gasteiger partial charge in [0.05, 0.1) is 40.5 Å². The van der Waals surface area contributed by atoms with Crippen LogP contribution in [0.15, 0.2) is 24.3 Å². The van der Waals surface area contributed by atoms with Crippen molar-refractivity contribution in [2.45, 2.75) is 76.3 Å². The lowest BCUT2D eigenvalue weighted by atomic mass is 9.86. The van der Waals surface area contributed by atoms with Gasteiger partial charge in [-0.2, -0.15) is 0 Å². The first-order valence-corrected chi connectivity index (χ1v) is 13.6. The topological polar surface area (TPSA) is 95.1 Å². The summed E-state index contributed by atoms with van der Waals surface area (Å²) in [5.41, 5.74) is 4.42. The first kappa shape index (κ1) is 27.6. The molecule has 8 nitrogen and oxygen atoms in total. The standard InChI is InChI=1S/C30H40N2O6/c1-35-25-17-15-19-21(29(25)37-3)9-7-11-23(19)31-27(33)13-5-6-14-28(34)32-24-12-8-10-22-20(24)16-18-26(36-2)30(22)38-4/h15-18,23-24H,5-14H2,1-4H3,(H,31,33)(H,32,34). The summed E-state index contributed by atoms with van der Waals surface area (Å²) < 4.78 is 22.1. The van der Waals surface area contributed by atoms with Crippen LogP contribution in [-0.2, 0) is 22.4 Å². The maximum Gasteiger partial charge on any atom is 0.220 e. The predicted molar refractivity (Wildman–Crippen MR) is 145 cm³/mol. The molecule has 0 aliphatic heterocycles. The van der Waals surface area contributed by atoms with E-state index in [9.17, 15) is 9.59 Å². The van der Waals surface area contributed by atoms with Crippen LogP contribution in [-0.4, -0.2) is 40.3 Å². The van der Waals surface area contributed by atoms with Crippen molar-refractivity contribution in [3.63, 3.8) is 0 Å². The third kappa shape index (κ3) is 6.00. The van der Waals surface area contributed by atoms with Crippen molar-refractivity contribution in [3.8, 4) is 23.0 Å². The molecule has 2 atom stereocenters. The lowest BCUT2D eigenvalue weighted by Gasteiger charge is -2.28. The van der Waals surface area contributed by atoms with Crippen LogP contribution in [0.4, 0.5) is 0 Å². The van der Waals surface area contributed by atoms with Crippen LogP contribution in [0.1, 0.15) is 85.7 Å². The molecule has 2 aromatic carbocycles. The average Bonchev–Trinajstić information content (AvgIpc) is 2.94. The van der Waals surface area contributed by atoms with Crippen molar-refractivity contribution < 1.29 is 28.5 Å². The molecule has 0 aromatic heterocycles. The summed E-state index contributed by atoms with van der Waals surface area (Å²) in [5, 5.41) is 6.38. The van der Waals surface area contributed by atoms with Gasteiger partial charge in [-0.05, 0) is 74.6 Å². The van der Waals surface area contributed by atoms with E-state index in [-0.39, 0.29) is 23.9 Å². The van der Waals surface area contributed by atoms with Crippen LogP contribution in [0.3, 0.4) is 0 Å². The van der Waals surface area contributed by atoms with Gasteiger partial charge >= 0.3 is 0 Å². The van der Waals surface area contributed by atoms with Gasteiger partial charge in [0, 0.05) is 24.0 Å². The highest BCUT2D eigenvalue weighted by Gasteiger charge is 2.27. The fourth-order valence-electron chi connectivity index (χ4n) is 5.86. The van der Waals surface area contributed by atoms with Crippen LogP contribution in [0.2, 0.25) is 0 Å². The Balaban J connectivity index is 1.25. The van der Waals surface area contributed by atoms with Gasteiger partial charge in [0.1, 0.15) is 0 Å². The molecule has 0 radical (unpaired) electrons. The molecule has 4 rings (SSSR count). The monoisotopic (exact) mass is 524 g/mol. The number of nitrogens with one attached hydrogen (secondary N) is 2. The Kier molecular flexibility index (Phi) is 9.37. The summed E-state index contributed by atoms with van der Waals surface area (Å²) in [6.45, 7) is 0. The van der Waals surface area contributed by atoms with Gasteiger partial charge in [0.25, 0.3) is 0 Å². The normalized spacial score (nSPS) is 18.0. The highest BCUT2D eigenvalue weighted by Crippen LogP contribution is 2.42. The minimum atomic E-state index is -0.0312. The zero-order valence-corrected chi connectivity index (χ0v) is 23.0. The van der Waals surface area contributed by atoms with E-state index in [0.717, 1.165) is 72.3 Å². The highest BCUT2D eigenvalue weighted by molar-refractivity contribution is 5.78. The Bertz CT molecular complexity index is 1060. The first-order chi connectivity index (χ1) is 18.5. The van der Waals surface area contributed by atoms with Gasteiger partial charge in [0.15, 0.2) is 23.0 Å². The zero-order chi connectivity index (χ0) is 27.1. The molecule has 206 valence electrons. The minimum Gasteiger partial charge on any atom is -0.493 e. The number of hydrogen-bond donors (Lipinski definition) is 2. The summed E-state index contributed by atoms with van der Waals surface area (Å²) in [4.78, 5) is 25.4. The van der Waals surface area contributed by atoms with Crippen molar-refractivity contribution in [1.29, 1.82) is 0 Å². The summed E-state index contributed by atoms with van der Waals surface area (Å²) in [6, 6.07) is 7.80. The van der Waals surface area contributed by atoms with Gasteiger partial charge < -0.3 is 29.6 Å². The molecule has 38 heavy (non-hydrogen) atoms. The Morgan fingerprint density at radius 2 is 1.11 bits per heavy atom. The number of fused-ring (bicyclic) bond motifs is 2. The van der Waals surface area contributed by atoms with Gasteiger partial charge in [-0.25, -0.2) is 0 Å². The number of benzene rings is 2. The maximum atomic E-state index is 12.7. The van der Waals surface area contributed by atoms with Crippen LogP contribution in [0.25, 0.3) is 0 Å². The molecule has 2 amide bonds. The van der Waals surface area contributed by atoms with E-state index in [0.29, 0.717) is 37.2 Å². The van der Waals surface area contributed by atoms with Crippen molar-refractivity contribution >= 4 is 11.8 Å². The summed E-state index contributed by atoms with van der Waals surface area (Å²) in [6.07, 6.45) is 7.69. The third-order valence-corrected chi connectivity index (χ3v) is 7.69. The number of carbonyl (C=O) groups is 2. The fourth-order valence-corrected chi connectivity index (χ4v) is 5.86. The van der Waals surface area contributed by atoms with Crippen molar-refractivity contribution in [2.75, 3.05) is 28.4 Å². The molecular formula is C30H40N2O6. The average molecular weight is 525 g/mol. The number of hydrogen-bond acceptors (Lipinski definition) is 6. The van der Waals surface area contributed by atoms with E-state index in [1.54, 1.807) is 28.4 Å². The van der Waals surface area contributed by atoms with Crippen LogP contribution in [0.5, 0.6) is 23.0 Å². The van der Waals surface area contributed by atoms with Crippen LogP contribution >= 0.6 is 0 Å². The summed E-state index contributed by atoms with van der Waals surface area (Å²) in [5.74, 6) is 2.97. The van der Waals surface area contributed by atoms with E-state index in [1.807, 2.05) is 24.3 Å². The second-order valence-corrected chi connectivity index (χ2v) is 9.97. The Hall–Kier alpha value is -3.42. The molecule has 2 aromatic rings. The first-order valence-electron chi connectivity index (χ1n) is 13.6. The Morgan fingerprint density at radius 3 is 1.47 bits per heavy atom. The molecule has 2 N–H and O–H groups in total. The molecule has 2 unspecified atom stereocenters. The van der Waals surface area contributed by atoms with Gasteiger partial charge in [-0.3, -0.25) is 9.59 Å². The van der Waals surface area contributed by atoms with E-state index >= 15 is 0 Å². The van der Waals surface area contributed by atoms with Crippen LogP contribution < -0.4 is 29.6 Å². The minimum absolute atomic E-state index is 0.0142. The number of methoxy groups -OCH3 is 4. The quantitative estimate of drug-likeness (QED) is 0.403. The number of amides is 2. The van der Waals surface area contributed by atoms with Crippen LogP contribution in [0, 0.1) is 0 Å². The van der Waals surface area contributed by atoms with E-state index in [2.05, 4.69) is 10.6 Å². The lowest BCUT2D eigenvalue weighted by molar-refractivity contribution is -0.123. The fraction of sp³-hybridized carbons (Fsp3) is 0.533. The smallest absolute Gasteiger partial charge is 0.220 e. The SMILES string of the molecule is COc1ccc2c(c1OC)CCCC2NC(=O)CCCCC(=O)NC1CCCc2c1ccc(OC)c2OC. The molecule has 2 aliphatic rings.